The molecule has 0 amide bonds. The molecule has 3 aromatic heterocycles. The van der Waals surface area contributed by atoms with Crippen LogP contribution in [0.15, 0.2) is 41.3 Å². The summed E-state index contributed by atoms with van der Waals surface area (Å²) in [6, 6.07) is 8.21. The van der Waals surface area contributed by atoms with Crippen molar-refractivity contribution in [2.45, 2.75) is 46.3 Å². The highest BCUT2D eigenvalue weighted by Crippen LogP contribution is 2.36. The number of nitrogens with zero attached hydrogens (tertiary/aromatic N) is 5. The van der Waals surface area contributed by atoms with Crippen molar-refractivity contribution in [2.75, 3.05) is 24.5 Å². The van der Waals surface area contributed by atoms with E-state index in [0.717, 1.165) is 5.56 Å². The zero-order valence-electron chi connectivity index (χ0n) is 21.8. The van der Waals surface area contributed by atoms with Crippen molar-refractivity contribution < 1.29 is 9.50 Å². The van der Waals surface area contributed by atoms with Gasteiger partial charge >= 0.3 is 5.69 Å². The predicted molar refractivity (Wildman–Crippen MR) is 148 cm³/mol. The minimum absolute atomic E-state index is 0.00388. The number of anilines is 1. The maximum absolute atomic E-state index is 15.9. The molecule has 0 radical (unpaired) electrons. The standard InChI is InChI=1S/C28H30ClFN6O2/c1-15(2)23-25(16(3)8-9-32-23)36-27-19(26(34-28(36)38)35-11-10-31-13-17(35)4)12-21(30)24(33-27)22-18(14-37)6-5-7-20(22)29/h5-9,12,15,17,31,37H,10-11,13-14H2,1-4H3/t17-/m0/s1. The number of aliphatic hydroxyl groups excluding tert-OH is 1. The molecule has 5 rings (SSSR count). The summed E-state index contributed by atoms with van der Waals surface area (Å²) in [6.07, 6.45) is 1.71. The Hall–Kier alpha value is -3.40. The molecule has 4 aromatic rings. The van der Waals surface area contributed by atoms with E-state index < -0.39 is 11.5 Å². The predicted octanol–water partition coefficient (Wildman–Crippen LogP) is 4.36. The molecule has 0 aliphatic carbocycles. The summed E-state index contributed by atoms with van der Waals surface area (Å²) in [6.45, 7) is 9.61. The number of nitrogens with one attached hydrogen (secondary N) is 1. The fourth-order valence-electron chi connectivity index (χ4n) is 5.11. The Bertz CT molecular complexity index is 1590. The van der Waals surface area contributed by atoms with Crippen LogP contribution in [-0.2, 0) is 6.61 Å². The van der Waals surface area contributed by atoms with Crippen LogP contribution < -0.4 is 15.9 Å². The highest BCUT2D eigenvalue weighted by Gasteiger charge is 2.28. The average molecular weight is 537 g/mol. The quantitative estimate of drug-likeness (QED) is 0.391. The first-order valence-corrected chi connectivity index (χ1v) is 13.1. The fraction of sp³-hybridized carbons (Fsp3) is 0.357. The molecule has 10 heteroatoms. The number of hydrogen-bond donors (Lipinski definition) is 2. The Morgan fingerprint density at radius 2 is 2.05 bits per heavy atom. The van der Waals surface area contributed by atoms with Gasteiger partial charge in [0.15, 0.2) is 5.65 Å². The maximum Gasteiger partial charge on any atom is 0.355 e. The van der Waals surface area contributed by atoms with E-state index in [-0.39, 0.29) is 40.5 Å². The summed E-state index contributed by atoms with van der Waals surface area (Å²) >= 11 is 6.49. The molecule has 4 heterocycles. The number of aliphatic hydroxyl groups is 1. The van der Waals surface area contributed by atoms with Gasteiger partial charge in [0.25, 0.3) is 0 Å². The molecule has 1 aromatic carbocycles. The van der Waals surface area contributed by atoms with Crippen LogP contribution in [0.1, 0.15) is 43.5 Å². The first kappa shape index (κ1) is 26.2. The number of fused-ring (bicyclic) bond motifs is 1. The van der Waals surface area contributed by atoms with Gasteiger partial charge in [-0.3, -0.25) is 4.98 Å². The van der Waals surface area contributed by atoms with Crippen LogP contribution >= 0.6 is 11.6 Å². The van der Waals surface area contributed by atoms with Crippen LogP contribution in [0.25, 0.3) is 28.0 Å². The molecular weight excluding hydrogens is 507 g/mol. The van der Waals surface area contributed by atoms with E-state index in [1.807, 2.05) is 38.7 Å². The van der Waals surface area contributed by atoms with E-state index in [0.29, 0.717) is 47.8 Å². The lowest BCUT2D eigenvalue weighted by Crippen LogP contribution is -2.50. The van der Waals surface area contributed by atoms with Crippen LogP contribution in [0.4, 0.5) is 10.2 Å². The number of benzene rings is 1. The maximum atomic E-state index is 15.9. The minimum atomic E-state index is -0.622. The second kappa shape index (κ2) is 10.4. The molecule has 8 nitrogen and oxygen atoms in total. The van der Waals surface area contributed by atoms with Gasteiger partial charge in [-0.25, -0.2) is 18.7 Å². The van der Waals surface area contributed by atoms with Crippen molar-refractivity contribution in [2.24, 2.45) is 0 Å². The van der Waals surface area contributed by atoms with E-state index >= 15 is 4.39 Å². The van der Waals surface area contributed by atoms with Crippen LogP contribution in [0, 0.1) is 12.7 Å². The Kier molecular flexibility index (Phi) is 7.17. The monoisotopic (exact) mass is 536 g/mol. The van der Waals surface area contributed by atoms with Crippen LogP contribution in [0.3, 0.4) is 0 Å². The molecule has 1 atom stereocenters. The molecular formula is C28H30ClFN6O2. The van der Waals surface area contributed by atoms with Crippen molar-refractivity contribution >= 4 is 28.5 Å². The van der Waals surface area contributed by atoms with E-state index in [1.165, 1.54) is 10.6 Å². The van der Waals surface area contributed by atoms with Gasteiger partial charge in [0.05, 0.1) is 28.4 Å². The highest BCUT2D eigenvalue weighted by molar-refractivity contribution is 6.33. The Morgan fingerprint density at radius 1 is 1.26 bits per heavy atom. The van der Waals surface area contributed by atoms with Gasteiger partial charge in [0.1, 0.15) is 17.3 Å². The minimum Gasteiger partial charge on any atom is -0.392 e. The molecule has 0 spiro atoms. The third-order valence-corrected chi connectivity index (χ3v) is 7.32. The van der Waals surface area contributed by atoms with Crippen LogP contribution in [0.5, 0.6) is 0 Å². The van der Waals surface area contributed by atoms with Gasteiger partial charge in [0.2, 0.25) is 0 Å². The Labute approximate surface area is 225 Å². The second-order valence-corrected chi connectivity index (χ2v) is 10.3. The third kappa shape index (κ3) is 4.44. The van der Waals surface area contributed by atoms with Crippen LogP contribution in [-0.4, -0.2) is 50.3 Å². The van der Waals surface area contributed by atoms with Gasteiger partial charge in [-0.05, 0) is 49.1 Å². The van der Waals surface area contributed by atoms with E-state index in [2.05, 4.69) is 15.3 Å². The SMILES string of the molecule is Cc1ccnc(C(C)C)c1-n1c(=O)nc(N2CCNC[C@@H]2C)c2cc(F)c(-c3c(Cl)cccc3CO)nc21. The van der Waals surface area contributed by atoms with Crippen molar-refractivity contribution in [1.29, 1.82) is 0 Å². The average Bonchev–Trinajstić information content (AvgIpc) is 2.89. The zero-order valence-corrected chi connectivity index (χ0v) is 22.6. The van der Waals surface area contributed by atoms with E-state index in [4.69, 9.17) is 16.6 Å². The molecule has 2 N–H and O–H groups in total. The van der Waals surface area contributed by atoms with Gasteiger partial charge in [-0.1, -0.05) is 37.6 Å². The molecule has 38 heavy (non-hydrogen) atoms. The first-order valence-electron chi connectivity index (χ1n) is 12.7. The van der Waals surface area contributed by atoms with E-state index in [9.17, 15) is 9.90 Å². The van der Waals surface area contributed by atoms with Gasteiger partial charge < -0.3 is 15.3 Å². The summed E-state index contributed by atoms with van der Waals surface area (Å²) in [7, 11) is 0. The first-order chi connectivity index (χ1) is 18.2. The lowest BCUT2D eigenvalue weighted by molar-refractivity contribution is 0.282. The summed E-state index contributed by atoms with van der Waals surface area (Å²) in [5, 5.41) is 14.0. The van der Waals surface area contributed by atoms with Gasteiger partial charge in [-0.15, -0.1) is 0 Å². The van der Waals surface area contributed by atoms with Crippen molar-refractivity contribution in [3.8, 4) is 16.9 Å². The number of hydrogen-bond acceptors (Lipinski definition) is 7. The summed E-state index contributed by atoms with van der Waals surface area (Å²) < 4.78 is 17.3. The molecule has 198 valence electrons. The number of piperazine rings is 1. The molecule has 0 bridgehead atoms. The molecule has 1 fully saturated rings. The normalized spacial score (nSPS) is 16.0. The number of pyridine rings is 2. The van der Waals surface area contributed by atoms with Gasteiger partial charge in [-0.2, -0.15) is 4.98 Å². The summed E-state index contributed by atoms with van der Waals surface area (Å²) in [4.78, 5) is 29.7. The number of halogens is 2. The lowest BCUT2D eigenvalue weighted by atomic mass is 10.0. The topological polar surface area (TPSA) is 96.2 Å². The van der Waals surface area contributed by atoms with Crippen molar-refractivity contribution in [1.82, 2.24) is 24.8 Å². The molecule has 1 saturated heterocycles. The lowest BCUT2D eigenvalue weighted by Gasteiger charge is -2.35. The smallest absolute Gasteiger partial charge is 0.355 e. The second-order valence-electron chi connectivity index (χ2n) is 9.94. The molecule has 0 unspecified atom stereocenters. The molecule has 1 aliphatic heterocycles. The number of aromatic nitrogens is 4. The fourth-order valence-corrected chi connectivity index (χ4v) is 5.39. The number of rotatable bonds is 5. The molecule has 1 aliphatic rings. The number of aryl methyl sites for hydroxylation is 1. The summed E-state index contributed by atoms with van der Waals surface area (Å²) in [5.41, 5.74) is 2.51. The third-order valence-electron chi connectivity index (χ3n) is 7.01. The van der Waals surface area contributed by atoms with Crippen molar-refractivity contribution in [3.63, 3.8) is 0 Å². The Balaban J connectivity index is 1.92. The van der Waals surface area contributed by atoms with E-state index in [1.54, 1.807) is 24.4 Å². The van der Waals surface area contributed by atoms with Crippen LogP contribution in [0.2, 0.25) is 5.02 Å². The summed E-state index contributed by atoms with van der Waals surface area (Å²) in [5.74, 6) is -0.227. The Morgan fingerprint density at radius 3 is 2.76 bits per heavy atom. The van der Waals surface area contributed by atoms with Crippen molar-refractivity contribution in [3.05, 3.63) is 74.7 Å². The van der Waals surface area contributed by atoms with Gasteiger partial charge in [0, 0.05) is 37.4 Å². The highest BCUT2D eigenvalue weighted by atomic mass is 35.5. The zero-order chi connectivity index (χ0) is 27.1. The largest absolute Gasteiger partial charge is 0.392 e. The molecule has 0 saturated carbocycles.